The molecule has 21 heavy (non-hydrogen) atoms. The molecule has 0 radical (unpaired) electrons. The van der Waals surface area contributed by atoms with Crippen LogP contribution in [0.1, 0.15) is 47.7 Å². The summed E-state index contributed by atoms with van der Waals surface area (Å²) in [7, 11) is 0. The molecule has 6 nitrogen and oxygen atoms in total. The number of carbonyl (C=O) groups is 2. The second kappa shape index (κ2) is 4.59. The quantitative estimate of drug-likeness (QED) is 0.880. The lowest BCUT2D eigenvalue weighted by molar-refractivity contribution is -0.141. The van der Waals surface area contributed by atoms with Crippen molar-refractivity contribution in [3.63, 3.8) is 0 Å². The van der Waals surface area contributed by atoms with Gasteiger partial charge in [-0.25, -0.2) is 4.79 Å². The summed E-state index contributed by atoms with van der Waals surface area (Å²) in [6.45, 7) is 0.605. The van der Waals surface area contributed by atoms with Gasteiger partial charge in [-0.1, -0.05) is 0 Å². The van der Waals surface area contributed by atoms with Gasteiger partial charge in [0.15, 0.2) is 0 Å². The number of carbonyl (C=O) groups excluding carboxylic acids is 1. The Balaban J connectivity index is 1.67. The lowest BCUT2D eigenvalue weighted by Crippen LogP contribution is -2.45. The minimum atomic E-state index is -0.940. The molecular formula is C15H18N2O4. The minimum Gasteiger partial charge on any atom is -0.480 e. The summed E-state index contributed by atoms with van der Waals surface area (Å²) in [4.78, 5) is 29.1. The first kappa shape index (κ1) is 12.9. The molecule has 1 saturated carbocycles. The third kappa shape index (κ3) is 1.97. The van der Waals surface area contributed by atoms with Crippen molar-refractivity contribution in [3.8, 4) is 0 Å². The molecule has 1 aromatic rings. The Labute approximate surface area is 122 Å². The first-order chi connectivity index (χ1) is 10.2. The number of aliphatic carboxylic acids is 1. The number of nitrogens with zero attached hydrogens (tertiary/aromatic N) is 1. The Kier molecular flexibility index (Phi) is 2.82. The predicted octanol–water partition coefficient (Wildman–Crippen LogP) is 1.35. The van der Waals surface area contributed by atoms with Gasteiger partial charge in [-0.05, 0) is 31.2 Å². The van der Waals surface area contributed by atoms with Gasteiger partial charge in [0.1, 0.15) is 6.04 Å². The SMILES string of the molecule is O=C(O)[C@@H]1C[C@@H]2OCC[C@@H]2N1C(=O)c1cc[nH]c1C1CC1. The molecule has 0 aromatic carbocycles. The van der Waals surface area contributed by atoms with Crippen molar-refractivity contribution < 1.29 is 19.4 Å². The van der Waals surface area contributed by atoms with Crippen LogP contribution in [0, 0.1) is 0 Å². The maximum Gasteiger partial charge on any atom is 0.326 e. The molecule has 0 spiro atoms. The van der Waals surface area contributed by atoms with Gasteiger partial charge in [-0.2, -0.15) is 0 Å². The van der Waals surface area contributed by atoms with Gasteiger partial charge in [0, 0.05) is 24.9 Å². The molecule has 1 amide bonds. The Morgan fingerprint density at radius 2 is 2.14 bits per heavy atom. The monoisotopic (exact) mass is 290 g/mol. The van der Waals surface area contributed by atoms with E-state index >= 15 is 0 Å². The average molecular weight is 290 g/mol. The Hall–Kier alpha value is -1.82. The van der Waals surface area contributed by atoms with Crippen LogP contribution in [0.5, 0.6) is 0 Å². The number of hydrogen-bond donors (Lipinski definition) is 2. The van der Waals surface area contributed by atoms with E-state index in [4.69, 9.17) is 4.74 Å². The predicted molar refractivity (Wildman–Crippen MR) is 73.1 cm³/mol. The van der Waals surface area contributed by atoms with Crippen molar-refractivity contribution in [1.82, 2.24) is 9.88 Å². The van der Waals surface area contributed by atoms with E-state index in [0.29, 0.717) is 24.5 Å². The zero-order valence-corrected chi connectivity index (χ0v) is 11.6. The topological polar surface area (TPSA) is 82.6 Å². The van der Waals surface area contributed by atoms with Crippen LogP contribution in [0.3, 0.4) is 0 Å². The molecule has 1 aromatic heterocycles. The van der Waals surface area contributed by atoms with Gasteiger partial charge in [-0.15, -0.1) is 0 Å². The lowest BCUT2D eigenvalue weighted by Gasteiger charge is -2.27. The molecule has 0 unspecified atom stereocenters. The van der Waals surface area contributed by atoms with Gasteiger partial charge >= 0.3 is 5.97 Å². The molecule has 3 fully saturated rings. The van der Waals surface area contributed by atoms with Crippen LogP contribution in [-0.2, 0) is 9.53 Å². The highest BCUT2D eigenvalue weighted by atomic mass is 16.5. The molecule has 6 heteroatoms. The van der Waals surface area contributed by atoms with Crippen LogP contribution >= 0.6 is 0 Å². The number of aromatic amines is 1. The number of hydrogen-bond acceptors (Lipinski definition) is 3. The largest absolute Gasteiger partial charge is 0.480 e. The Morgan fingerprint density at radius 1 is 1.33 bits per heavy atom. The summed E-state index contributed by atoms with van der Waals surface area (Å²) in [5.41, 5.74) is 1.60. The number of ether oxygens (including phenoxy) is 1. The number of aromatic nitrogens is 1. The van der Waals surface area contributed by atoms with E-state index in [9.17, 15) is 14.7 Å². The fourth-order valence-corrected chi connectivity index (χ4v) is 3.67. The highest BCUT2D eigenvalue weighted by molar-refractivity contribution is 5.98. The van der Waals surface area contributed by atoms with E-state index < -0.39 is 12.0 Å². The molecule has 1 aliphatic carbocycles. The van der Waals surface area contributed by atoms with E-state index in [1.165, 1.54) is 0 Å². The van der Waals surface area contributed by atoms with Gasteiger partial charge in [0.2, 0.25) is 0 Å². The maximum absolute atomic E-state index is 12.9. The van der Waals surface area contributed by atoms with Crippen molar-refractivity contribution in [2.75, 3.05) is 6.61 Å². The molecule has 2 aliphatic heterocycles. The number of carboxylic acids is 1. The summed E-state index contributed by atoms with van der Waals surface area (Å²) in [6, 6.07) is 0.910. The van der Waals surface area contributed by atoms with Crippen molar-refractivity contribution in [2.45, 2.75) is 49.8 Å². The maximum atomic E-state index is 12.9. The normalized spacial score (nSPS) is 31.4. The fraction of sp³-hybridized carbons (Fsp3) is 0.600. The molecule has 3 aliphatic rings. The summed E-state index contributed by atoms with van der Waals surface area (Å²) >= 11 is 0. The first-order valence-electron chi connectivity index (χ1n) is 7.51. The number of rotatable bonds is 3. The van der Waals surface area contributed by atoms with E-state index in [0.717, 1.165) is 25.0 Å². The molecule has 2 N–H and O–H groups in total. The van der Waals surface area contributed by atoms with Gasteiger partial charge in [0.05, 0.1) is 17.7 Å². The average Bonchev–Trinajstić information content (AvgIpc) is 2.91. The minimum absolute atomic E-state index is 0.0967. The van der Waals surface area contributed by atoms with E-state index in [1.54, 1.807) is 17.2 Å². The van der Waals surface area contributed by atoms with Crippen LogP contribution in [-0.4, -0.2) is 51.7 Å². The number of carboxylic acid groups (broad SMARTS) is 1. The second-order valence-corrected chi connectivity index (χ2v) is 6.15. The zero-order valence-electron chi connectivity index (χ0n) is 11.6. The van der Waals surface area contributed by atoms with Crippen LogP contribution < -0.4 is 0 Å². The highest BCUT2D eigenvalue weighted by Gasteiger charge is 2.50. The summed E-state index contributed by atoms with van der Waals surface area (Å²) in [6.07, 6.45) is 4.96. The highest BCUT2D eigenvalue weighted by Crippen LogP contribution is 2.42. The van der Waals surface area contributed by atoms with Gasteiger partial charge < -0.3 is 19.7 Å². The standard InChI is InChI=1S/C15H18N2O4/c18-14(9-3-5-16-13(9)8-1-2-8)17-10-4-6-21-12(10)7-11(17)15(19)20/h3,5,8,10-12,16H,1-2,4,6-7H2,(H,19,20)/t10-,11-,12-/m0/s1. The van der Waals surface area contributed by atoms with E-state index in [-0.39, 0.29) is 18.1 Å². The second-order valence-electron chi connectivity index (χ2n) is 6.15. The van der Waals surface area contributed by atoms with Crippen molar-refractivity contribution in [1.29, 1.82) is 0 Å². The molecule has 112 valence electrons. The third-order valence-electron chi connectivity index (χ3n) is 4.84. The summed E-state index contributed by atoms with van der Waals surface area (Å²) in [5, 5.41) is 9.42. The summed E-state index contributed by atoms with van der Waals surface area (Å²) in [5.74, 6) is -0.672. The number of H-pyrrole nitrogens is 1. The number of amides is 1. The Bertz CT molecular complexity index is 592. The lowest BCUT2D eigenvalue weighted by atomic mass is 10.1. The van der Waals surface area contributed by atoms with Crippen LogP contribution in [0.2, 0.25) is 0 Å². The third-order valence-corrected chi connectivity index (χ3v) is 4.84. The smallest absolute Gasteiger partial charge is 0.326 e. The zero-order chi connectivity index (χ0) is 14.6. The molecule has 0 bridgehead atoms. The van der Waals surface area contributed by atoms with Crippen molar-refractivity contribution in [2.24, 2.45) is 0 Å². The van der Waals surface area contributed by atoms with Crippen LogP contribution in [0.15, 0.2) is 12.3 Å². The Morgan fingerprint density at radius 3 is 2.86 bits per heavy atom. The van der Waals surface area contributed by atoms with Crippen LogP contribution in [0.25, 0.3) is 0 Å². The van der Waals surface area contributed by atoms with Crippen molar-refractivity contribution >= 4 is 11.9 Å². The van der Waals surface area contributed by atoms with Gasteiger partial charge in [0.25, 0.3) is 5.91 Å². The first-order valence-corrected chi connectivity index (χ1v) is 7.51. The molecular weight excluding hydrogens is 272 g/mol. The number of fused-ring (bicyclic) bond motifs is 1. The molecule has 3 heterocycles. The van der Waals surface area contributed by atoms with Crippen LogP contribution in [0.4, 0.5) is 0 Å². The van der Waals surface area contributed by atoms with E-state index in [2.05, 4.69) is 4.98 Å². The molecule has 2 saturated heterocycles. The number of nitrogens with one attached hydrogen (secondary N) is 1. The molecule has 4 rings (SSSR count). The number of likely N-dealkylation sites (tertiary alicyclic amines) is 1. The fourth-order valence-electron chi connectivity index (χ4n) is 3.67. The van der Waals surface area contributed by atoms with Gasteiger partial charge in [-0.3, -0.25) is 4.79 Å². The van der Waals surface area contributed by atoms with E-state index in [1.807, 2.05) is 0 Å². The summed E-state index contributed by atoms with van der Waals surface area (Å²) < 4.78 is 5.58. The van der Waals surface area contributed by atoms with Crippen molar-refractivity contribution in [3.05, 3.63) is 23.5 Å². The molecule has 3 atom stereocenters.